The molecule has 2 heterocycles. The van der Waals surface area contributed by atoms with Gasteiger partial charge in [0.2, 0.25) is 0 Å². The van der Waals surface area contributed by atoms with Gasteiger partial charge in [0.1, 0.15) is 6.26 Å². The number of oxazole rings is 1. The average Bonchev–Trinajstić information content (AvgIpc) is 2.80. The second-order valence-electron chi connectivity index (χ2n) is 4.29. The molecule has 1 aromatic heterocycles. The summed E-state index contributed by atoms with van der Waals surface area (Å²) < 4.78 is 11.1. The molecule has 5 nitrogen and oxygen atoms in total. The van der Waals surface area contributed by atoms with Crippen LogP contribution in [0.25, 0.3) is 0 Å². The number of piperidine rings is 1. The Morgan fingerprint density at radius 2 is 2.29 bits per heavy atom. The average molecular weight is 239 g/mol. The summed E-state index contributed by atoms with van der Waals surface area (Å²) in [7, 11) is 1.90. The van der Waals surface area contributed by atoms with Gasteiger partial charge in [-0.1, -0.05) is 0 Å². The quantitative estimate of drug-likeness (QED) is 0.841. The van der Waals surface area contributed by atoms with E-state index >= 15 is 0 Å². The maximum atomic E-state index is 5.62. The Kier molecular flexibility index (Phi) is 4.39. The first-order chi connectivity index (χ1) is 8.33. The van der Waals surface area contributed by atoms with E-state index in [-0.39, 0.29) is 0 Å². The largest absolute Gasteiger partial charge is 0.432 e. The van der Waals surface area contributed by atoms with Crippen LogP contribution in [0.3, 0.4) is 0 Å². The van der Waals surface area contributed by atoms with Crippen LogP contribution in [0.2, 0.25) is 0 Å². The zero-order chi connectivity index (χ0) is 12.1. The lowest BCUT2D eigenvalue weighted by Crippen LogP contribution is -2.37. The van der Waals surface area contributed by atoms with Gasteiger partial charge in [0.05, 0.1) is 11.8 Å². The smallest absolute Gasteiger partial charge is 0.297 e. The molecule has 1 N–H and O–H groups in total. The van der Waals surface area contributed by atoms with Crippen molar-refractivity contribution in [2.45, 2.75) is 32.4 Å². The van der Waals surface area contributed by atoms with Crippen molar-refractivity contribution in [2.24, 2.45) is 0 Å². The number of rotatable bonds is 5. The first kappa shape index (κ1) is 12.4. The van der Waals surface area contributed by atoms with Gasteiger partial charge in [-0.05, 0) is 26.8 Å². The summed E-state index contributed by atoms with van der Waals surface area (Å²) in [5.74, 6) is 0. The number of nitrogens with one attached hydrogen (secondary N) is 1. The summed E-state index contributed by atoms with van der Waals surface area (Å²) in [6, 6.07) is 0.741. The van der Waals surface area contributed by atoms with E-state index in [1.807, 2.05) is 14.0 Å². The van der Waals surface area contributed by atoms with Crippen molar-refractivity contribution in [3.05, 3.63) is 12.0 Å². The molecule has 1 fully saturated rings. The van der Waals surface area contributed by atoms with Crippen molar-refractivity contribution in [3.8, 4) is 0 Å². The molecule has 1 aliphatic heterocycles. The molecule has 1 aliphatic rings. The third-order valence-electron chi connectivity index (χ3n) is 3.01. The van der Waals surface area contributed by atoms with Gasteiger partial charge in [-0.25, -0.2) is 0 Å². The van der Waals surface area contributed by atoms with Crippen LogP contribution in [-0.4, -0.2) is 37.8 Å². The van der Waals surface area contributed by atoms with Crippen molar-refractivity contribution < 1.29 is 9.15 Å². The molecule has 0 atom stereocenters. The Labute approximate surface area is 102 Å². The molecular formula is C12H21N3O2. The highest BCUT2D eigenvalue weighted by Gasteiger charge is 2.22. The molecule has 0 amide bonds. The highest BCUT2D eigenvalue weighted by atomic mass is 16.5. The van der Waals surface area contributed by atoms with Crippen LogP contribution in [0, 0.1) is 0 Å². The molecule has 2 rings (SSSR count). The molecule has 17 heavy (non-hydrogen) atoms. The van der Waals surface area contributed by atoms with Gasteiger partial charge >= 0.3 is 0 Å². The lowest BCUT2D eigenvalue weighted by atomic mass is 10.1. The molecule has 1 aromatic rings. The van der Waals surface area contributed by atoms with Crippen LogP contribution < -0.4 is 10.2 Å². The summed E-state index contributed by atoms with van der Waals surface area (Å²) in [5, 5.41) is 3.06. The minimum Gasteiger partial charge on any atom is -0.432 e. The van der Waals surface area contributed by atoms with Gasteiger partial charge in [0.15, 0.2) is 0 Å². The first-order valence-electron chi connectivity index (χ1n) is 6.29. The molecule has 0 aromatic carbocycles. The maximum absolute atomic E-state index is 5.62. The van der Waals surface area contributed by atoms with Gasteiger partial charge in [-0.2, -0.15) is 4.98 Å². The van der Waals surface area contributed by atoms with Gasteiger partial charge in [0, 0.05) is 26.2 Å². The van der Waals surface area contributed by atoms with Crippen molar-refractivity contribution in [1.82, 2.24) is 10.3 Å². The van der Waals surface area contributed by atoms with Gasteiger partial charge < -0.3 is 19.4 Å². The molecule has 0 unspecified atom stereocenters. The Morgan fingerprint density at radius 3 is 2.94 bits per heavy atom. The Morgan fingerprint density at radius 1 is 1.53 bits per heavy atom. The standard InChI is InChI=1S/C12H21N3O2/c1-3-16-11-4-6-15(7-5-11)12-14-10(8-13-2)9-17-12/h9,11,13H,3-8H2,1-2H3. The normalized spacial score (nSPS) is 17.6. The highest BCUT2D eigenvalue weighted by molar-refractivity contribution is 5.27. The lowest BCUT2D eigenvalue weighted by molar-refractivity contribution is 0.0453. The van der Waals surface area contributed by atoms with E-state index in [0.29, 0.717) is 6.10 Å². The van der Waals surface area contributed by atoms with Crippen LogP contribution in [0.4, 0.5) is 6.01 Å². The molecule has 0 spiro atoms. The van der Waals surface area contributed by atoms with Crippen molar-refractivity contribution in [1.29, 1.82) is 0 Å². The predicted molar refractivity (Wildman–Crippen MR) is 66.1 cm³/mol. The fourth-order valence-corrected chi connectivity index (χ4v) is 2.15. The van der Waals surface area contributed by atoms with Crippen molar-refractivity contribution in [2.75, 3.05) is 31.6 Å². The van der Waals surface area contributed by atoms with Gasteiger partial charge in [0.25, 0.3) is 6.01 Å². The van der Waals surface area contributed by atoms with Crippen LogP contribution >= 0.6 is 0 Å². The van der Waals surface area contributed by atoms with E-state index in [1.54, 1.807) is 6.26 Å². The van der Waals surface area contributed by atoms with Crippen LogP contribution in [0.5, 0.6) is 0 Å². The van der Waals surface area contributed by atoms with Gasteiger partial charge in [-0.15, -0.1) is 0 Å². The van der Waals surface area contributed by atoms with E-state index in [1.165, 1.54) is 0 Å². The minimum atomic E-state index is 0.406. The summed E-state index contributed by atoms with van der Waals surface area (Å²) in [4.78, 5) is 6.64. The van der Waals surface area contributed by atoms with E-state index in [9.17, 15) is 0 Å². The molecular weight excluding hydrogens is 218 g/mol. The number of hydrogen-bond acceptors (Lipinski definition) is 5. The minimum absolute atomic E-state index is 0.406. The van der Waals surface area contributed by atoms with E-state index in [2.05, 4.69) is 15.2 Å². The number of aromatic nitrogens is 1. The fraction of sp³-hybridized carbons (Fsp3) is 0.750. The van der Waals surface area contributed by atoms with Gasteiger partial charge in [-0.3, -0.25) is 0 Å². The summed E-state index contributed by atoms with van der Waals surface area (Å²) in [6.07, 6.45) is 4.23. The third-order valence-corrected chi connectivity index (χ3v) is 3.01. The molecule has 0 saturated carbocycles. The van der Waals surface area contributed by atoms with Crippen molar-refractivity contribution >= 4 is 6.01 Å². The van der Waals surface area contributed by atoms with Crippen molar-refractivity contribution in [3.63, 3.8) is 0 Å². The molecule has 5 heteroatoms. The molecule has 0 aliphatic carbocycles. The van der Waals surface area contributed by atoms with Crippen LogP contribution in [-0.2, 0) is 11.3 Å². The number of nitrogens with zero attached hydrogens (tertiary/aromatic N) is 2. The number of hydrogen-bond donors (Lipinski definition) is 1. The van der Waals surface area contributed by atoms with E-state index in [0.717, 1.165) is 50.8 Å². The zero-order valence-corrected chi connectivity index (χ0v) is 10.6. The third kappa shape index (κ3) is 3.20. The van der Waals surface area contributed by atoms with E-state index in [4.69, 9.17) is 9.15 Å². The summed E-state index contributed by atoms with van der Waals surface area (Å²) in [6.45, 7) is 5.52. The highest BCUT2D eigenvalue weighted by Crippen LogP contribution is 2.20. The SMILES string of the molecule is CCOC1CCN(c2nc(CNC)co2)CC1. The summed E-state index contributed by atoms with van der Waals surface area (Å²) >= 11 is 0. The monoisotopic (exact) mass is 239 g/mol. The Hall–Kier alpha value is -1.07. The predicted octanol–water partition coefficient (Wildman–Crippen LogP) is 1.40. The summed E-state index contributed by atoms with van der Waals surface area (Å²) in [5.41, 5.74) is 0.953. The topological polar surface area (TPSA) is 50.5 Å². The molecule has 96 valence electrons. The maximum Gasteiger partial charge on any atom is 0.297 e. The first-order valence-corrected chi connectivity index (χ1v) is 6.29. The van der Waals surface area contributed by atoms with Crippen LogP contribution in [0.15, 0.2) is 10.7 Å². The zero-order valence-electron chi connectivity index (χ0n) is 10.6. The Bertz CT molecular complexity index is 332. The second-order valence-corrected chi connectivity index (χ2v) is 4.29. The van der Waals surface area contributed by atoms with Crippen LogP contribution in [0.1, 0.15) is 25.5 Å². The number of anilines is 1. The lowest BCUT2D eigenvalue weighted by Gasteiger charge is -2.30. The number of ether oxygens (including phenoxy) is 1. The second kappa shape index (κ2) is 6.02. The molecule has 1 saturated heterocycles. The molecule has 0 radical (unpaired) electrons. The molecule has 0 bridgehead atoms. The van der Waals surface area contributed by atoms with E-state index < -0.39 is 0 Å². The Balaban J connectivity index is 1.86. The fourth-order valence-electron chi connectivity index (χ4n) is 2.15.